The number of hydrogen-bond donors (Lipinski definition) is 0. The van der Waals surface area contributed by atoms with Gasteiger partial charge in [0.15, 0.2) is 0 Å². The lowest BCUT2D eigenvalue weighted by Crippen LogP contribution is -2.22. The van der Waals surface area contributed by atoms with Crippen molar-refractivity contribution in [1.82, 2.24) is 9.55 Å². The predicted octanol–water partition coefficient (Wildman–Crippen LogP) is 4.70. The summed E-state index contributed by atoms with van der Waals surface area (Å²) in [6.45, 7) is 0. The minimum atomic E-state index is -0.299. The van der Waals surface area contributed by atoms with Crippen molar-refractivity contribution in [2.75, 3.05) is 7.11 Å². The van der Waals surface area contributed by atoms with Crippen molar-refractivity contribution in [1.29, 1.82) is 0 Å². The maximum absolute atomic E-state index is 13.3. The molecule has 0 aliphatic heterocycles. The van der Waals surface area contributed by atoms with Crippen LogP contribution in [0.2, 0.25) is 0 Å². The second-order valence-corrected chi connectivity index (χ2v) is 6.18. The van der Waals surface area contributed by atoms with Gasteiger partial charge < -0.3 is 4.74 Å². The second-order valence-electron chi connectivity index (χ2n) is 6.18. The van der Waals surface area contributed by atoms with E-state index in [0.29, 0.717) is 28.2 Å². The molecule has 0 aliphatic rings. The van der Waals surface area contributed by atoms with E-state index in [1.54, 1.807) is 49.6 Å². The normalized spacial score (nSPS) is 11.2. The van der Waals surface area contributed by atoms with Crippen LogP contribution in [0.4, 0.5) is 4.39 Å². The molecule has 4 aromatic rings. The number of hydrogen-bond acceptors (Lipinski definition) is 3. The molecule has 138 valence electrons. The number of fused-ring (bicyclic) bond motifs is 1. The number of rotatable bonds is 4. The first-order valence-corrected chi connectivity index (χ1v) is 8.76. The third-order valence-corrected chi connectivity index (χ3v) is 4.42. The molecular weight excluding hydrogens is 355 g/mol. The lowest BCUT2D eigenvalue weighted by atomic mass is 10.2. The van der Waals surface area contributed by atoms with Crippen LogP contribution in [0.3, 0.4) is 0 Å². The van der Waals surface area contributed by atoms with Gasteiger partial charge in [0, 0.05) is 0 Å². The Kier molecular flexibility index (Phi) is 4.72. The summed E-state index contributed by atoms with van der Waals surface area (Å²) in [5, 5.41) is 0.521. The maximum Gasteiger partial charge on any atom is 0.266 e. The highest BCUT2D eigenvalue weighted by molar-refractivity contribution is 5.80. The van der Waals surface area contributed by atoms with E-state index >= 15 is 0 Å². The quantitative estimate of drug-likeness (QED) is 0.521. The van der Waals surface area contributed by atoms with Crippen LogP contribution in [0.1, 0.15) is 11.4 Å². The SMILES string of the molecule is COc1ccccc1-n1c(C=Cc2ccc(F)cc2)nc2ccccc2c1=O. The van der Waals surface area contributed by atoms with E-state index in [9.17, 15) is 9.18 Å². The smallest absolute Gasteiger partial charge is 0.266 e. The minimum absolute atomic E-state index is 0.186. The number of para-hydroxylation sites is 3. The van der Waals surface area contributed by atoms with Crippen LogP contribution in [0, 0.1) is 5.82 Å². The summed E-state index contributed by atoms with van der Waals surface area (Å²) >= 11 is 0. The first kappa shape index (κ1) is 17.7. The van der Waals surface area contributed by atoms with E-state index < -0.39 is 0 Å². The molecule has 0 saturated heterocycles. The molecule has 28 heavy (non-hydrogen) atoms. The highest BCUT2D eigenvalue weighted by Crippen LogP contribution is 2.23. The zero-order chi connectivity index (χ0) is 19.5. The van der Waals surface area contributed by atoms with Gasteiger partial charge in [0.2, 0.25) is 0 Å². The lowest BCUT2D eigenvalue weighted by Gasteiger charge is -2.14. The average molecular weight is 372 g/mol. The molecule has 0 radical (unpaired) electrons. The van der Waals surface area contributed by atoms with Crippen LogP contribution in [0.15, 0.2) is 77.6 Å². The Morgan fingerprint density at radius 3 is 2.43 bits per heavy atom. The molecule has 0 N–H and O–H groups in total. The van der Waals surface area contributed by atoms with Crippen molar-refractivity contribution in [3.63, 3.8) is 0 Å². The number of aromatic nitrogens is 2. The molecule has 0 atom stereocenters. The number of nitrogens with zero attached hydrogens (tertiary/aromatic N) is 2. The van der Waals surface area contributed by atoms with E-state index in [0.717, 1.165) is 5.56 Å². The van der Waals surface area contributed by atoms with Gasteiger partial charge >= 0.3 is 0 Å². The maximum atomic E-state index is 13.3. The molecule has 0 unspecified atom stereocenters. The molecule has 5 heteroatoms. The standard InChI is InChI=1S/C23H17FN2O2/c1-28-21-9-5-4-8-20(21)26-22(15-12-16-10-13-17(24)14-11-16)25-19-7-3-2-6-18(19)23(26)27/h2-15H,1H3. The topological polar surface area (TPSA) is 44.1 Å². The van der Waals surface area contributed by atoms with Crippen molar-refractivity contribution < 1.29 is 9.13 Å². The summed E-state index contributed by atoms with van der Waals surface area (Å²) in [6.07, 6.45) is 3.54. The van der Waals surface area contributed by atoms with Crippen molar-refractivity contribution in [2.24, 2.45) is 0 Å². The Hall–Kier alpha value is -3.73. The molecule has 4 nitrogen and oxygen atoms in total. The minimum Gasteiger partial charge on any atom is -0.495 e. The number of benzene rings is 3. The van der Waals surface area contributed by atoms with Crippen molar-refractivity contribution >= 4 is 23.1 Å². The number of ether oxygens (including phenoxy) is 1. The molecule has 0 fully saturated rings. The van der Waals surface area contributed by atoms with E-state index in [1.807, 2.05) is 30.3 Å². The number of methoxy groups -OCH3 is 1. The van der Waals surface area contributed by atoms with Crippen molar-refractivity contribution in [3.05, 3.63) is 100 Å². The lowest BCUT2D eigenvalue weighted by molar-refractivity contribution is 0.412. The van der Waals surface area contributed by atoms with Gasteiger partial charge in [-0.3, -0.25) is 9.36 Å². The zero-order valence-electron chi connectivity index (χ0n) is 15.2. The van der Waals surface area contributed by atoms with Gasteiger partial charge in [-0.15, -0.1) is 0 Å². The highest BCUT2D eigenvalue weighted by Gasteiger charge is 2.14. The third-order valence-electron chi connectivity index (χ3n) is 4.42. The Morgan fingerprint density at radius 2 is 1.64 bits per heavy atom. The first-order valence-electron chi connectivity index (χ1n) is 8.76. The van der Waals surface area contributed by atoms with E-state index in [1.165, 1.54) is 16.7 Å². The van der Waals surface area contributed by atoms with Gasteiger partial charge in [0.25, 0.3) is 5.56 Å². The van der Waals surface area contributed by atoms with Gasteiger partial charge in [-0.1, -0.05) is 42.5 Å². The summed E-state index contributed by atoms with van der Waals surface area (Å²) < 4.78 is 20.1. The molecular formula is C23H17FN2O2. The molecule has 0 spiro atoms. The first-order chi connectivity index (χ1) is 13.7. The molecule has 0 saturated carbocycles. The molecule has 4 rings (SSSR count). The van der Waals surface area contributed by atoms with Crippen LogP contribution in [-0.2, 0) is 0 Å². The molecule has 1 heterocycles. The Labute approximate surface area is 161 Å². The molecule has 0 amide bonds. The fourth-order valence-corrected chi connectivity index (χ4v) is 3.05. The average Bonchev–Trinajstić information content (AvgIpc) is 2.73. The van der Waals surface area contributed by atoms with Gasteiger partial charge in [-0.25, -0.2) is 9.37 Å². The van der Waals surface area contributed by atoms with Crippen molar-refractivity contribution in [2.45, 2.75) is 0 Å². The van der Waals surface area contributed by atoms with Gasteiger partial charge in [-0.05, 0) is 48.0 Å². The van der Waals surface area contributed by atoms with Crippen LogP contribution < -0.4 is 10.3 Å². The van der Waals surface area contributed by atoms with Crippen LogP contribution in [0.5, 0.6) is 5.75 Å². The van der Waals surface area contributed by atoms with Crippen LogP contribution in [-0.4, -0.2) is 16.7 Å². The summed E-state index contributed by atoms with van der Waals surface area (Å²) in [4.78, 5) is 17.9. The zero-order valence-corrected chi connectivity index (χ0v) is 15.2. The summed E-state index contributed by atoms with van der Waals surface area (Å²) in [5.41, 5.74) is 1.83. The largest absolute Gasteiger partial charge is 0.495 e. The Morgan fingerprint density at radius 1 is 0.929 bits per heavy atom. The van der Waals surface area contributed by atoms with E-state index in [2.05, 4.69) is 4.98 Å². The monoisotopic (exact) mass is 372 g/mol. The fourth-order valence-electron chi connectivity index (χ4n) is 3.05. The Balaban J connectivity index is 1.96. The van der Waals surface area contributed by atoms with Gasteiger partial charge in [0.1, 0.15) is 17.4 Å². The summed E-state index contributed by atoms with van der Waals surface area (Å²) in [5.74, 6) is 0.725. The fraction of sp³-hybridized carbons (Fsp3) is 0.0435. The van der Waals surface area contributed by atoms with Gasteiger partial charge in [-0.2, -0.15) is 0 Å². The third kappa shape index (κ3) is 3.30. The molecule has 1 aromatic heterocycles. The summed E-state index contributed by atoms with van der Waals surface area (Å²) in [6, 6.07) is 20.6. The van der Waals surface area contributed by atoms with Crippen LogP contribution >= 0.6 is 0 Å². The summed E-state index contributed by atoms with van der Waals surface area (Å²) in [7, 11) is 1.56. The second kappa shape index (κ2) is 7.48. The van der Waals surface area contributed by atoms with E-state index in [-0.39, 0.29) is 11.4 Å². The highest BCUT2D eigenvalue weighted by atomic mass is 19.1. The molecule has 0 aliphatic carbocycles. The molecule has 3 aromatic carbocycles. The Bertz CT molecular complexity index is 1230. The van der Waals surface area contributed by atoms with E-state index in [4.69, 9.17) is 4.74 Å². The number of halogens is 1. The van der Waals surface area contributed by atoms with Crippen molar-refractivity contribution in [3.8, 4) is 11.4 Å². The predicted molar refractivity (Wildman–Crippen MR) is 109 cm³/mol. The van der Waals surface area contributed by atoms with Gasteiger partial charge in [0.05, 0.1) is 23.7 Å². The molecule has 0 bridgehead atoms. The van der Waals surface area contributed by atoms with Crippen LogP contribution in [0.25, 0.3) is 28.7 Å².